The van der Waals surface area contributed by atoms with Crippen LogP contribution in [0.5, 0.6) is 0 Å². The van der Waals surface area contributed by atoms with Gasteiger partial charge in [-0.3, -0.25) is 0 Å². The molecule has 0 fully saturated rings. The fraction of sp³-hybridized carbons (Fsp3) is 0.571. The Hall–Kier alpha value is -0.960. The maximum Gasteiger partial charge on any atom is 0.126 e. The summed E-state index contributed by atoms with van der Waals surface area (Å²) in [5.74, 6) is -0.514. The van der Waals surface area contributed by atoms with Crippen molar-refractivity contribution in [2.75, 3.05) is 6.54 Å². The molecule has 0 spiro atoms. The fourth-order valence-electron chi connectivity index (χ4n) is 2.00. The molecule has 2 unspecified atom stereocenters. The predicted octanol–water partition coefficient (Wildman–Crippen LogP) is 3.53. The second-order valence-electron chi connectivity index (χ2n) is 4.53. The SMILES string of the molecule is CCNC(Cc1cc(F)cc(F)c1)C(C)CC. The van der Waals surface area contributed by atoms with Crippen LogP contribution in [0.25, 0.3) is 0 Å². The zero-order valence-corrected chi connectivity index (χ0v) is 10.8. The zero-order chi connectivity index (χ0) is 12.8. The highest BCUT2D eigenvalue weighted by atomic mass is 19.1. The molecule has 1 aromatic rings. The minimum Gasteiger partial charge on any atom is -0.314 e. The van der Waals surface area contributed by atoms with Crippen molar-refractivity contribution >= 4 is 0 Å². The van der Waals surface area contributed by atoms with Crippen LogP contribution in [0.4, 0.5) is 8.78 Å². The Morgan fingerprint density at radius 1 is 1.12 bits per heavy atom. The molecule has 0 aliphatic carbocycles. The van der Waals surface area contributed by atoms with Crippen LogP contribution < -0.4 is 5.32 Å². The highest BCUT2D eigenvalue weighted by molar-refractivity contribution is 5.19. The third kappa shape index (κ3) is 4.43. The van der Waals surface area contributed by atoms with E-state index in [0.29, 0.717) is 17.9 Å². The first-order valence-electron chi connectivity index (χ1n) is 6.25. The van der Waals surface area contributed by atoms with Crippen LogP contribution in [-0.4, -0.2) is 12.6 Å². The lowest BCUT2D eigenvalue weighted by Crippen LogP contribution is -2.36. The van der Waals surface area contributed by atoms with Crippen molar-refractivity contribution in [2.24, 2.45) is 5.92 Å². The summed E-state index contributed by atoms with van der Waals surface area (Å²) in [6, 6.07) is 4.01. The number of benzene rings is 1. The van der Waals surface area contributed by atoms with E-state index < -0.39 is 11.6 Å². The lowest BCUT2D eigenvalue weighted by Gasteiger charge is -2.24. The van der Waals surface area contributed by atoms with Crippen LogP contribution in [0.1, 0.15) is 32.8 Å². The number of halogens is 2. The van der Waals surface area contributed by atoms with Gasteiger partial charge in [0.05, 0.1) is 0 Å². The molecule has 2 atom stereocenters. The Kier molecular flexibility index (Phi) is 5.56. The molecule has 0 aliphatic rings. The van der Waals surface area contributed by atoms with Gasteiger partial charge in [0.15, 0.2) is 0 Å². The van der Waals surface area contributed by atoms with Gasteiger partial charge in [-0.1, -0.05) is 27.2 Å². The van der Waals surface area contributed by atoms with E-state index in [1.165, 1.54) is 12.1 Å². The zero-order valence-electron chi connectivity index (χ0n) is 10.8. The van der Waals surface area contributed by atoms with Gasteiger partial charge in [-0.2, -0.15) is 0 Å². The third-order valence-corrected chi connectivity index (χ3v) is 3.18. The molecule has 0 aromatic heterocycles. The van der Waals surface area contributed by atoms with Gasteiger partial charge < -0.3 is 5.32 Å². The van der Waals surface area contributed by atoms with Gasteiger partial charge in [0.1, 0.15) is 11.6 Å². The van der Waals surface area contributed by atoms with E-state index in [9.17, 15) is 8.78 Å². The maximum absolute atomic E-state index is 13.1. The van der Waals surface area contributed by atoms with Crippen molar-refractivity contribution in [2.45, 2.75) is 39.7 Å². The molecular weight excluding hydrogens is 220 g/mol. The Balaban J connectivity index is 2.77. The molecule has 0 radical (unpaired) electrons. The van der Waals surface area contributed by atoms with Crippen LogP contribution in [0.15, 0.2) is 18.2 Å². The van der Waals surface area contributed by atoms with Crippen LogP contribution in [0, 0.1) is 17.6 Å². The highest BCUT2D eigenvalue weighted by Crippen LogP contribution is 2.15. The third-order valence-electron chi connectivity index (χ3n) is 3.18. The molecule has 96 valence electrons. The Morgan fingerprint density at radius 3 is 2.18 bits per heavy atom. The number of rotatable bonds is 6. The van der Waals surface area contributed by atoms with Crippen molar-refractivity contribution in [1.29, 1.82) is 0 Å². The summed E-state index contributed by atoms with van der Waals surface area (Å²) in [5.41, 5.74) is 0.716. The standard InChI is InChI=1S/C14H21F2N/c1-4-10(3)14(17-5-2)8-11-6-12(15)9-13(16)7-11/h6-7,9-10,14,17H,4-5,8H2,1-3H3. The summed E-state index contributed by atoms with van der Waals surface area (Å²) >= 11 is 0. The molecule has 0 saturated heterocycles. The molecule has 1 rings (SSSR count). The number of nitrogens with one attached hydrogen (secondary N) is 1. The number of hydrogen-bond acceptors (Lipinski definition) is 1. The largest absolute Gasteiger partial charge is 0.314 e. The van der Waals surface area contributed by atoms with Gasteiger partial charge in [0.25, 0.3) is 0 Å². The first-order valence-corrected chi connectivity index (χ1v) is 6.25. The van der Waals surface area contributed by atoms with Crippen molar-refractivity contribution < 1.29 is 8.78 Å². The van der Waals surface area contributed by atoms with Crippen LogP contribution in [0.3, 0.4) is 0 Å². The van der Waals surface area contributed by atoms with Crippen molar-refractivity contribution in [3.63, 3.8) is 0 Å². The summed E-state index contributed by atoms with van der Waals surface area (Å²) in [4.78, 5) is 0. The smallest absolute Gasteiger partial charge is 0.126 e. The topological polar surface area (TPSA) is 12.0 Å². The Bertz CT molecular complexity index is 332. The van der Waals surface area contributed by atoms with Crippen LogP contribution in [-0.2, 0) is 6.42 Å². The molecule has 17 heavy (non-hydrogen) atoms. The lowest BCUT2D eigenvalue weighted by atomic mass is 9.93. The highest BCUT2D eigenvalue weighted by Gasteiger charge is 2.15. The molecule has 1 nitrogen and oxygen atoms in total. The normalized spacial score (nSPS) is 14.6. The minimum atomic E-state index is -0.501. The van der Waals surface area contributed by atoms with E-state index in [2.05, 4.69) is 19.2 Å². The van der Waals surface area contributed by atoms with Gasteiger partial charge in [-0.25, -0.2) is 8.78 Å². The van der Waals surface area contributed by atoms with E-state index in [-0.39, 0.29) is 6.04 Å². The quantitative estimate of drug-likeness (QED) is 0.803. The van der Waals surface area contributed by atoms with E-state index in [1.807, 2.05) is 6.92 Å². The van der Waals surface area contributed by atoms with Gasteiger partial charge in [-0.15, -0.1) is 0 Å². The molecular formula is C14H21F2N. The Morgan fingerprint density at radius 2 is 1.71 bits per heavy atom. The van der Waals surface area contributed by atoms with Gasteiger partial charge in [0.2, 0.25) is 0 Å². The second-order valence-corrected chi connectivity index (χ2v) is 4.53. The van der Waals surface area contributed by atoms with E-state index in [1.54, 1.807) is 0 Å². The number of likely N-dealkylation sites (N-methyl/N-ethyl adjacent to an activating group) is 1. The molecule has 3 heteroatoms. The first-order chi connectivity index (χ1) is 8.06. The summed E-state index contributed by atoms with van der Waals surface area (Å²) < 4.78 is 26.2. The average molecular weight is 241 g/mol. The summed E-state index contributed by atoms with van der Waals surface area (Å²) in [6.07, 6.45) is 1.72. The van der Waals surface area contributed by atoms with Crippen molar-refractivity contribution in [3.05, 3.63) is 35.4 Å². The van der Waals surface area contributed by atoms with E-state index in [4.69, 9.17) is 0 Å². The second kappa shape index (κ2) is 6.70. The summed E-state index contributed by atoms with van der Waals surface area (Å²) in [6.45, 7) is 7.19. The van der Waals surface area contributed by atoms with E-state index >= 15 is 0 Å². The molecule has 0 saturated carbocycles. The van der Waals surface area contributed by atoms with Crippen molar-refractivity contribution in [1.82, 2.24) is 5.32 Å². The molecule has 0 amide bonds. The van der Waals surface area contributed by atoms with Gasteiger partial charge in [0, 0.05) is 12.1 Å². The Labute approximate surface area is 102 Å². The summed E-state index contributed by atoms with van der Waals surface area (Å²) in [7, 11) is 0. The lowest BCUT2D eigenvalue weighted by molar-refractivity contribution is 0.370. The molecule has 0 heterocycles. The maximum atomic E-state index is 13.1. The van der Waals surface area contributed by atoms with Crippen LogP contribution in [0.2, 0.25) is 0 Å². The van der Waals surface area contributed by atoms with Crippen molar-refractivity contribution in [3.8, 4) is 0 Å². The molecule has 1 N–H and O–H groups in total. The average Bonchev–Trinajstić information content (AvgIpc) is 2.26. The van der Waals surface area contributed by atoms with Gasteiger partial charge >= 0.3 is 0 Å². The van der Waals surface area contributed by atoms with Crippen LogP contribution >= 0.6 is 0 Å². The first kappa shape index (κ1) is 14.1. The monoisotopic (exact) mass is 241 g/mol. The molecule has 1 aromatic carbocycles. The molecule has 0 aliphatic heterocycles. The molecule has 0 bridgehead atoms. The minimum absolute atomic E-state index is 0.270. The van der Waals surface area contributed by atoms with Gasteiger partial charge in [-0.05, 0) is 36.6 Å². The summed E-state index contributed by atoms with van der Waals surface area (Å²) in [5, 5.41) is 3.38. The number of hydrogen-bond donors (Lipinski definition) is 1. The fourth-order valence-corrected chi connectivity index (χ4v) is 2.00. The predicted molar refractivity (Wildman–Crippen MR) is 67.0 cm³/mol. The van der Waals surface area contributed by atoms with E-state index in [0.717, 1.165) is 19.0 Å².